The first-order chi connectivity index (χ1) is 12.3. The van der Waals surface area contributed by atoms with Crippen molar-refractivity contribution in [1.29, 1.82) is 0 Å². The molecule has 0 spiro atoms. The standard InChI is InChI=1S/C19H30N2O3S2/c1-14(2)21(17-8-4-5-9-17)19(22)16-7-6-12-20(13-16)26(23,24)18-11-10-15(3)25-18/h10-11,14,16-17H,4-9,12-13H2,1-3H3. The summed E-state index contributed by atoms with van der Waals surface area (Å²) in [5.74, 6) is -0.0725. The molecule has 2 heterocycles. The maximum Gasteiger partial charge on any atom is 0.252 e. The zero-order valence-corrected chi connectivity index (χ0v) is 17.6. The van der Waals surface area contributed by atoms with Crippen LogP contribution in [0.4, 0.5) is 0 Å². The Bertz CT molecular complexity index is 736. The minimum Gasteiger partial charge on any atom is -0.337 e. The van der Waals surface area contributed by atoms with Gasteiger partial charge in [-0.05, 0) is 58.6 Å². The predicted molar refractivity (Wildman–Crippen MR) is 105 cm³/mol. The molecule has 1 atom stereocenters. The van der Waals surface area contributed by atoms with Crippen LogP contribution in [0.1, 0.15) is 57.2 Å². The molecule has 2 fully saturated rings. The minimum absolute atomic E-state index is 0.147. The fourth-order valence-corrected chi connectivity index (χ4v) is 7.25. The molecule has 3 rings (SSSR count). The number of piperidine rings is 1. The summed E-state index contributed by atoms with van der Waals surface area (Å²) in [7, 11) is -3.49. The van der Waals surface area contributed by atoms with E-state index in [1.165, 1.54) is 28.5 Å². The quantitative estimate of drug-likeness (QED) is 0.761. The Morgan fingerprint density at radius 2 is 1.88 bits per heavy atom. The fraction of sp³-hybridized carbons (Fsp3) is 0.737. The number of aryl methyl sites for hydroxylation is 1. The van der Waals surface area contributed by atoms with E-state index in [0.29, 0.717) is 23.3 Å². The van der Waals surface area contributed by atoms with Gasteiger partial charge in [-0.3, -0.25) is 4.79 Å². The zero-order valence-electron chi connectivity index (χ0n) is 16.0. The van der Waals surface area contributed by atoms with E-state index in [9.17, 15) is 13.2 Å². The second-order valence-electron chi connectivity index (χ2n) is 7.84. The van der Waals surface area contributed by atoms with Crippen LogP contribution in [0.3, 0.4) is 0 Å². The molecule has 146 valence electrons. The predicted octanol–water partition coefficient (Wildman–Crippen LogP) is 3.64. The summed E-state index contributed by atoms with van der Waals surface area (Å²) in [6, 6.07) is 4.01. The molecule has 5 nitrogen and oxygen atoms in total. The second kappa shape index (κ2) is 7.98. The van der Waals surface area contributed by atoms with Crippen LogP contribution in [0, 0.1) is 12.8 Å². The number of sulfonamides is 1. The number of carbonyl (C=O) groups excluding carboxylic acids is 1. The zero-order chi connectivity index (χ0) is 18.9. The number of thiophene rings is 1. The number of rotatable bonds is 5. The highest BCUT2D eigenvalue weighted by molar-refractivity contribution is 7.91. The van der Waals surface area contributed by atoms with Gasteiger partial charge in [0, 0.05) is 30.1 Å². The fourth-order valence-electron chi connectivity index (χ4n) is 4.29. The Labute approximate surface area is 161 Å². The van der Waals surface area contributed by atoms with Crippen molar-refractivity contribution >= 4 is 27.3 Å². The van der Waals surface area contributed by atoms with Crippen molar-refractivity contribution < 1.29 is 13.2 Å². The molecule has 0 radical (unpaired) electrons. The molecule has 0 bridgehead atoms. The Morgan fingerprint density at radius 1 is 1.19 bits per heavy atom. The van der Waals surface area contributed by atoms with Gasteiger partial charge in [-0.1, -0.05) is 12.8 Å². The third-order valence-electron chi connectivity index (χ3n) is 5.57. The summed E-state index contributed by atoms with van der Waals surface area (Å²) in [5, 5.41) is 0. The molecule has 7 heteroatoms. The van der Waals surface area contributed by atoms with Gasteiger partial charge in [0.1, 0.15) is 4.21 Å². The molecule has 26 heavy (non-hydrogen) atoms. The van der Waals surface area contributed by atoms with E-state index in [2.05, 4.69) is 13.8 Å². The van der Waals surface area contributed by atoms with Gasteiger partial charge in [0.15, 0.2) is 0 Å². The number of amides is 1. The van der Waals surface area contributed by atoms with Crippen molar-refractivity contribution in [3.8, 4) is 0 Å². The van der Waals surface area contributed by atoms with Gasteiger partial charge in [-0.15, -0.1) is 11.3 Å². The molecule has 1 amide bonds. The van der Waals surface area contributed by atoms with Crippen molar-refractivity contribution in [2.24, 2.45) is 5.92 Å². The van der Waals surface area contributed by atoms with E-state index in [4.69, 9.17) is 0 Å². The van der Waals surface area contributed by atoms with Gasteiger partial charge in [-0.2, -0.15) is 4.31 Å². The summed E-state index contributed by atoms with van der Waals surface area (Å²) in [6.07, 6.45) is 6.05. The lowest BCUT2D eigenvalue weighted by Crippen LogP contribution is -2.51. The van der Waals surface area contributed by atoms with Crippen LogP contribution in [0.5, 0.6) is 0 Å². The van der Waals surface area contributed by atoms with E-state index < -0.39 is 10.0 Å². The summed E-state index contributed by atoms with van der Waals surface area (Å²) < 4.78 is 27.8. The van der Waals surface area contributed by atoms with Gasteiger partial charge in [0.05, 0.1) is 5.92 Å². The van der Waals surface area contributed by atoms with Crippen molar-refractivity contribution in [2.75, 3.05) is 13.1 Å². The molecular formula is C19H30N2O3S2. The van der Waals surface area contributed by atoms with Crippen molar-refractivity contribution in [3.63, 3.8) is 0 Å². The molecular weight excluding hydrogens is 368 g/mol. The van der Waals surface area contributed by atoms with Crippen LogP contribution in [-0.4, -0.2) is 48.7 Å². The number of hydrogen-bond donors (Lipinski definition) is 0. The molecule has 1 aliphatic carbocycles. The van der Waals surface area contributed by atoms with Crippen LogP contribution in [0.2, 0.25) is 0 Å². The molecule has 1 aromatic rings. The minimum atomic E-state index is -3.49. The van der Waals surface area contributed by atoms with Crippen LogP contribution in [0.15, 0.2) is 16.3 Å². The Hall–Kier alpha value is -0.920. The van der Waals surface area contributed by atoms with E-state index in [-0.39, 0.29) is 17.9 Å². The summed E-state index contributed by atoms with van der Waals surface area (Å²) >= 11 is 1.30. The molecule has 0 N–H and O–H groups in total. The van der Waals surface area contributed by atoms with Crippen molar-refractivity contribution in [2.45, 2.75) is 75.6 Å². The van der Waals surface area contributed by atoms with E-state index in [1.807, 2.05) is 17.9 Å². The van der Waals surface area contributed by atoms with E-state index in [0.717, 1.165) is 30.6 Å². The molecule has 1 saturated carbocycles. The number of hydrogen-bond acceptors (Lipinski definition) is 4. The van der Waals surface area contributed by atoms with Gasteiger partial charge in [0.2, 0.25) is 5.91 Å². The Kier molecular flexibility index (Phi) is 6.09. The highest BCUT2D eigenvalue weighted by Gasteiger charge is 2.38. The third-order valence-corrected chi connectivity index (χ3v) is 8.91. The first-order valence-corrected chi connectivity index (χ1v) is 11.9. The summed E-state index contributed by atoms with van der Waals surface area (Å²) in [4.78, 5) is 16.3. The normalized spacial score (nSPS) is 22.8. The summed E-state index contributed by atoms with van der Waals surface area (Å²) in [5.41, 5.74) is 0. The maximum atomic E-state index is 13.2. The van der Waals surface area contributed by atoms with Gasteiger partial charge in [0.25, 0.3) is 10.0 Å². The Morgan fingerprint density at radius 3 is 2.46 bits per heavy atom. The molecule has 1 aromatic heterocycles. The topological polar surface area (TPSA) is 57.7 Å². The SMILES string of the molecule is Cc1ccc(S(=O)(=O)N2CCCC(C(=O)N(C(C)C)C3CCCC3)C2)s1. The number of nitrogens with zero attached hydrogens (tertiary/aromatic N) is 2. The lowest BCUT2D eigenvalue weighted by Gasteiger charge is -2.38. The first kappa shape index (κ1) is 19.8. The first-order valence-electron chi connectivity index (χ1n) is 9.69. The monoisotopic (exact) mass is 398 g/mol. The Balaban J connectivity index is 1.76. The highest BCUT2D eigenvalue weighted by Crippen LogP contribution is 2.31. The van der Waals surface area contributed by atoms with Crippen LogP contribution in [0.25, 0.3) is 0 Å². The second-order valence-corrected chi connectivity index (χ2v) is 11.3. The van der Waals surface area contributed by atoms with Gasteiger partial charge >= 0.3 is 0 Å². The largest absolute Gasteiger partial charge is 0.337 e. The third kappa shape index (κ3) is 3.99. The van der Waals surface area contributed by atoms with Crippen molar-refractivity contribution in [1.82, 2.24) is 9.21 Å². The average molecular weight is 399 g/mol. The maximum absolute atomic E-state index is 13.2. The lowest BCUT2D eigenvalue weighted by atomic mass is 9.96. The molecule has 0 aromatic carbocycles. The van der Waals surface area contributed by atoms with Crippen LogP contribution in [-0.2, 0) is 14.8 Å². The summed E-state index contributed by atoms with van der Waals surface area (Å²) in [6.45, 7) is 6.88. The lowest BCUT2D eigenvalue weighted by molar-refractivity contribution is -0.141. The van der Waals surface area contributed by atoms with Gasteiger partial charge in [-0.25, -0.2) is 8.42 Å². The molecule has 1 saturated heterocycles. The van der Waals surface area contributed by atoms with E-state index in [1.54, 1.807) is 6.07 Å². The van der Waals surface area contributed by atoms with Crippen molar-refractivity contribution in [3.05, 3.63) is 17.0 Å². The highest BCUT2D eigenvalue weighted by atomic mass is 32.2. The molecule has 1 unspecified atom stereocenters. The van der Waals surface area contributed by atoms with Crippen LogP contribution < -0.4 is 0 Å². The molecule has 1 aliphatic heterocycles. The molecule has 2 aliphatic rings. The number of carbonyl (C=O) groups is 1. The van der Waals surface area contributed by atoms with E-state index >= 15 is 0 Å². The van der Waals surface area contributed by atoms with Gasteiger partial charge < -0.3 is 4.90 Å². The smallest absolute Gasteiger partial charge is 0.252 e. The van der Waals surface area contributed by atoms with Crippen LogP contribution >= 0.6 is 11.3 Å². The average Bonchev–Trinajstić information content (AvgIpc) is 3.27.